The molecule has 19 heavy (non-hydrogen) atoms. The fraction of sp³-hybridized carbons (Fsp3) is 0.267. The van der Waals surface area contributed by atoms with Gasteiger partial charge < -0.3 is 14.8 Å². The number of aromatic nitrogens is 1. The second-order valence-electron chi connectivity index (χ2n) is 4.58. The number of rotatable bonds is 4. The van der Waals surface area contributed by atoms with Crippen molar-refractivity contribution in [1.29, 1.82) is 0 Å². The minimum atomic E-state index is 0.263. The Balaban J connectivity index is 1.63. The van der Waals surface area contributed by atoms with Gasteiger partial charge >= 0.3 is 0 Å². The molecule has 0 aliphatic carbocycles. The smallest absolute Gasteiger partial charge is 0.231 e. The molecule has 4 heteroatoms. The van der Waals surface area contributed by atoms with Gasteiger partial charge in [0.15, 0.2) is 11.5 Å². The molecule has 1 aromatic heterocycles. The molecule has 1 aromatic carbocycles. The predicted octanol–water partition coefficient (Wildman–Crippen LogP) is 2.66. The summed E-state index contributed by atoms with van der Waals surface area (Å²) in [6.45, 7) is 3.23. The molecule has 0 amide bonds. The Labute approximate surface area is 112 Å². The summed E-state index contributed by atoms with van der Waals surface area (Å²) in [5.74, 6) is 1.65. The number of pyridine rings is 1. The Morgan fingerprint density at radius 3 is 3.00 bits per heavy atom. The Morgan fingerprint density at radius 2 is 2.16 bits per heavy atom. The second kappa shape index (κ2) is 5.28. The van der Waals surface area contributed by atoms with E-state index in [0.29, 0.717) is 6.79 Å². The lowest BCUT2D eigenvalue weighted by atomic mass is 10.1. The minimum Gasteiger partial charge on any atom is -0.454 e. The molecule has 4 nitrogen and oxygen atoms in total. The Kier molecular flexibility index (Phi) is 3.33. The third-order valence-electron chi connectivity index (χ3n) is 3.23. The van der Waals surface area contributed by atoms with Gasteiger partial charge in [-0.25, -0.2) is 0 Å². The van der Waals surface area contributed by atoms with Gasteiger partial charge in [0.25, 0.3) is 0 Å². The van der Waals surface area contributed by atoms with E-state index < -0.39 is 0 Å². The Hall–Kier alpha value is -2.07. The van der Waals surface area contributed by atoms with Crippen molar-refractivity contribution >= 4 is 0 Å². The molecule has 2 aromatic rings. The van der Waals surface area contributed by atoms with Gasteiger partial charge in [-0.1, -0.05) is 12.1 Å². The highest BCUT2D eigenvalue weighted by atomic mass is 16.7. The van der Waals surface area contributed by atoms with Crippen LogP contribution >= 0.6 is 0 Å². The summed E-state index contributed by atoms with van der Waals surface area (Å²) in [7, 11) is 0. The van der Waals surface area contributed by atoms with Crippen LogP contribution in [0.5, 0.6) is 11.5 Å². The lowest BCUT2D eigenvalue weighted by Crippen LogP contribution is -2.18. The summed E-state index contributed by atoms with van der Waals surface area (Å²) >= 11 is 0. The van der Waals surface area contributed by atoms with Crippen LogP contribution in [0.2, 0.25) is 0 Å². The number of hydrogen-bond donors (Lipinski definition) is 1. The van der Waals surface area contributed by atoms with Crippen LogP contribution in [0.3, 0.4) is 0 Å². The molecule has 2 heterocycles. The maximum Gasteiger partial charge on any atom is 0.231 e. The van der Waals surface area contributed by atoms with E-state index in [1.54, 1.807) is 6.20 Å². The zero-order valence-corrected chi connectivity index (χ0v) is 10.8. The molecule has 1 unspecified atom stereocenters. The maximum atomic E-state index is 5.37. The van der Waals surface area contributed by atoms with Gasteiger partial charge in [-0.2, -0.15) is 0 Å². The normalized spacial score (nSPS) is 14.4. The lowest BCUT2D eigenvalue weighted by molar-refractivity contribution is 0.174. The molecule has 98 valence electrons. The number of benzene rings is 1. The van der Waals surface area contributed by atoms with Gasteiger partial charge in [-0.3, -0.25) is 4.98 Å². The van der Waals surface area contributed by atoms with E-state index in [1.165, 1.54) is 11.1 Å². The van der Waals surface area contributed by atoms with Gasteiger partial charge in [-0.05, 0) is 36.2 Å². The maximum absolute atomic E-state index is 5.37. The molecular weight excluding hydrogens is 240 g/mol. The molecule has 1 N–H and O–H groups in total. The van der Waals surface area contributed by atoms with Crippen LogP contribution in [0.15, 0.2) is 42.7 Å². The summed E-state index contributed by atoms with van der Waals surface area (Å²) in [6, 6.07) is 10.3. The molecule has 0 saturated carbocycles. The summed E-state index contributed by atoms with van der Waals surface area (Å²) in [5.41, 5.74) is 2.36. The van der Waals surface area contributed by atoms with E-state index >= 15 is 0 Å². The predicted molar refractivity (Wildman–Crippen MR) is 72.1 cm³/mol. The molecule has 1 atom stereocenters. The monoisotopic (exact) mass is 256 g/mol. The fourth-order valence-corrected chi connectivity index (χ4v) is 2.07. The minimum absolute atomic E-state index is 0.263. The van der Waals surface area contributed by atoms with Crippen molar-refractivity contribution in [2.75, 3.05) is 6.79 Å². The third-order valence-corrected chi connectivity index (χ3v) is 3.23. The van der Waals surface area contributed by atoms with Crippen molar-refractivity contribution in [2.45, 2.75) is 19.5 Å². The molecule has 0 fully saturated rings. The van der Waals surface area contributed by atoms with Gasteiger partial charge in [-0.15, -0.1) is 0 Å². The average molecular weight is 256 g/mol. The second-order valence-corrected chi connectivity index (χ2v) is 4.58. The number of ether oxygens (including phenoxy) is 2. The van der Waals surface area contributed by atoms with Gasteiger partial charge in [0, 0.05) is 25.0 Å². The summed E-state index contributed by atoms with van der Waals surface area (Å²) in [4.78, 5) is 4.13. The van der Waals surface area contributed by atoms with E-state index in [0.717, 1.165) is 18.0 Å². The van der Waals surface area contributed by atoms with E-state index in [1.807, 2.05) is 24.4 Å². The van der Waals surface area contributed by atoms with Crippen LogP contribution in [-0.2, 0) is 6.54 Å². The molecule has 0 radical (unpaired) electrons. The van der Waals surface area contributed by atoms with Crippen molar-refractivity contribution in [3.05, 3.63) is 53.9 Å². The third kappa shape index (κ3) is 2.69. The van der Waals surface area contributed by atoms with Crippen LogP contribution in [0.25, 0.3) is 0 Å². The largest absolute Gasteiger partial charge is 0.454 e. The molecule has 1 aliphatic heterocycles. The van der Waals surface area contributed by atoms with E-state index in [9.17, 15) is 0 Å². The van der Waals surface area contributed by atoms with Crippen molar-refractivity contribution in [3.63, 3.8) is 0 Å². The van der Waals surface area contributed by atoms with E-state index in [4.69, 9.17) is 9.47 Å². The van der Waals surface area contributed by atoms with Gasteiger partial charge in [0.1, 0.15) is 0 Å². The van der Waals surface area contributed by atoms with Crippen molar-refractivity contribution in [1.82, 2.24) is 10.3 Å². The zero-order valence-electron chi connectivity index (χ0n) is 10.8. The number of nitrogens with one attached hydrogen (secondary N) is 1. The van der Waals surface area contributed by atoms with E-state index in [-0.39, 0.29) is 6.04 Å². The molecule has 0 bridgehead atoms. The Bertz CT molecular complexity index is 557. The van der Waals surface area contributed by atoms with Crippen molar-refractivity contribution in [3.8, 4) is 11.5 Å². The Morgan fingerprint density at radius 1 is 1.26 bits per heavy atom. The highest BCUT2D eigenvalue weighted by Crippen LogP contribution is 2.32. The number of nitrogens with zero attached hydrogens (tertiary/aromatic N) is 1. The van der Waals surface area contributed by atoms with Gasteiger partial charge in [0.2, 0.25) is 6.79 Å². The zero-order chi connectivity index (χ0) is 13.1. The van der Waals surface area contributed by atoms with Crippen molar-refractivity contribution in [2.24, 2.45) is 0 Å². The van der Waals surface area contributed by atoms with Crippen molar-refractivity contribution < 1.29 is 9.47 Å². The average Bonchev–Trinajstić information content (AvgIpc) is 2.93. The van der Waals surface area contributed by atoms with Crippen LogP contribution in [0.4, 0.5) is 0 Å². The highest BCUT2D eigenvalue weighted by Gasteiger charge is 2.13. The summed E-state index contributed by atoms with van der Waals surface area (Å²) < 4.78 is 10.7. The summed E-state index contributed by atoms with van der Waals surface area (Å²) in [5, 5.41) is 3.47. The van der Waals surface area contributed by atoms with E-state index in [2.05, 4.69) is 29.4 Å². The first-order valence-electron chi connectivity index (χ1n) is 6.35. The van der Waals surface area contributed by atoms with Crippen LogP contribution < -0.4 is 14.8 Å². The standard InChI is InChI=1S/C15H16N2O2/c1-11(13-3-2-6-16-9-13)17-8-12-4-5-14-15(7-12)19-10-18-14/h2-7,9,11,17H,8,10H2,1H3. The number of hydrogen-bond acceptors (Lipinski definition) is 4. The molecular formula is C15H16N2O2. The van der Waals surface area contributed by atoms with Crippen LogP contribution in [-0.4, -0.2) is 11.8 Å². The fourth-order valence-electron chi connectivity index (χ4n) is 2.07. The molecule has 1 aliphatic rings. The first kappa shape index (κ1) is 12.0. The lowest BCUT2D eigenvalue weighted by Gasteiger charge is -2.14. The quantitative estimate of drug-likeness (QED) is 0.913. The van der Waals surface area contributed by atoms with Gasteiger partial charge in [0.05, 0.1) is 0 Å². The first-order chi connectivity index (χ1) is 9.33. The SMILES string of the molecule is CC(NCc1ccc2c(c1)OCO2)c1cccnc1. The molecule has 0 spiro atoms. The topological polar surface area (TPSA) is 43.4 Å². The first-order valence-corrected chi connectivity index (χ1v) is 6.35. The van der Waals surface area contributed by atoms with Crippen LogP contribution in [0, 0.1) is 0 Å². The van der Waals surface area contributed by atoms with Crippen LogP contribution in [0.1, 0.15) is 24.1 Å². The molecule has 3 rings (SSSR count). The summed E-state index contributed by atoms with van der Waals surface area (Å²) in [6.07, 6.45) is 3.67. The molecule has 0 saturated heterocycles. The number of fused-ring (bicyclic) bond motifs is 1. The highest BCUT2D eigenvalue weighted by molar-refractivity contribution is 5.44.